The third kappa shape index (κ3) is 4.12. The summed E-state index contributed by atoms with van der Waals surface area (Å²) in [4.78, 5) is 17.7. The van der Waals surface area contributed by atoms with E-state index in [2.05, 4.69) is 22.5 Å². The first-order chi connectivity index (χ1) is 9.76. The zero-order valence-corrected chi connectivity index (χ0v) is 14.7. The number of thiazole rings is 1. The van der Waals surface area contributed by atoms with E-state index in [1.165, 1.54) is 10.4 Å². The zero-order valence-electron chi connectivity index (χ0n) is 12.2. The Kier molecular flexibility index (Phi) is 7.13. The van der Waals surface area contributed by atoms with Gasteiger partial charge in [0.25, 0.3) is 5.91 Å². The molecule has 0 bridgehead atoms. The summed E-state index contributed by atoms with van der Waals surface area (Å²) in [6.45, 7) is 3.56. The molecule has 0 unspecified atom stereocenters. The van der Waals surface area contributed by atoms with E-state index in [9.17, 15) is 4.79 Å². The quantitative estimate of drug-likeness (QED) is 0.878. The molecule has 2 heterocycles. The second kappa shape index (κ2) is 8.36. The van der Waals surface area contributed by atoms with Crippen LogP contribution >= 0.6 is 36.2 Å². The van der Waals surface area contributed by atoms with Crippen molar-refractivity contribution in [2.75, 3.05) is 11.9 Å². The van der Waals surface area contributed by atoms with Gasteiger partial charge >= 0.3 is 0 Å². The van der Waals surface area contributed by atoms with Gasteiger partial charge in [-0.1, -0.05) is 6.92 Å². The van der Waals surface area contributed by atoms with Crippen LogP contribution in [0.2, 0.25) is 0 Å². The first-order valence-electron chi connectivity index (χ1n) is 6.85. The SMILES string of the molecule is CCc1cnc(CNC(=O)c2ccc3c(c2)CCN3)s1.Cl.Cl. The Labute approximate surface area is 146 Å². The van der Waals surface area contributed by atoms with Crippen molar-refractivity contribution in [2.24, 2.45) is 0 Å². The highest BCUT2D eigenvalue weighted by Crippen LogP contribution is 2.23. The number of hydrogen-bond donors (Lipinski definition) is 2. The number of fused-ring (bicyclic) bond motifs is 1. The van der Waals surface area contributed by atoms with Gasteiger partial charge in [-0.2, -0.15) is 0 Å². The third-order valence-electron chi connectivity index (χ3n) is 3.43. The number of hydrogen-bond acceptors (Lipinski definition) is 4. The molecule has 2 N–H and O–H groups in total. The summed E-state index contributed by atoms with van der Waals surface area (Å²) in [6, 6.07) is 5.83. The fraction of sp³-hybridized carbons (Fsp3) is 0.333. The van der Waals surface area contributed by atoms with E-state index in [1.807, 2.05) is 24.4 Å². The van der Waals surface area contributed by atoms with Gasteiger partial charge < -0.3 is 10.6 Å². The zero-order chi connectivity index (χ0) is 13.9. The van der Waals surface area contributed by atoms with Crippen LogP contribution in [-0.4, -0.2) is 17.4 Å². The summed E-state index contributed by atoms with van der Waals surface area (Å²) < 4.78 is 0. The van der Waals surface area contributed by atoms with Gasteiger partial charge in [0, 0.05) is 28.9 Å². The average molecular weight is 360 g/mol. The summed E-state index contributed by atoms with van der Waals surface area (Å²) in [5, 5.41) is 7.18. The van der Waals surface area contributed by atoms with Crippen LogP contribution in [0.4, 0.5) is 5.69 Å². The van der Waals surface area contributed by atoms with Crippen molar-refractivity contribution in [3.05, 3.63) is 45.4 Å². The van der Waals surface area contributed by atoms with E-state index in [-0.39, 0.29) is 30.7 Å². The molecule has 1 amide bonds. The molecule has 3 rings (SSSR count). The minimum atomic E-state index is -0.0343. The monoisotopic (exact) mass is 359 g/mol. The molecule has 0 saturated heterocycles. The van der Waals surface area contributed by atoms with E-state index >= 15 is 0 Å². The van der Waals surface area contributed by atoms with Crippen LogP contribution in [0.1, 0.15) is 32.7 Å². The van der Waals surface area contributed by atoms with Crippen LogP contribution in [0, 0.1) is 0 Å². The molecule has 1 aliphatic heterocycles. The number of anilines is 1. The number of benzene rings is 1. The predicted octanol–water partition coefficient (Wildman–Crippen LogP) is 3.45. The van der Waals surface area contributed by atoms with Crippen LogP contribution < -0.4 is 10.6 Å². The molecule has 0 atom stereocenters. The maximum Gasteiger partial charge on any atom is 0.251 e. The first-order valence-corrected chi connectivity index (χ1v) is 7.66. The van der Waals surface area contributed by atoms with Crippen LogP contribution in [0.25, 0.3) is 0 Å². The Morgan fingerprint density at radius 3 is 2.95 bits per heavy atom. The van der Waals surface area contributed by atoms with Crippen LogP contribution in [0.5, 0.6) is 0 Å². The number of aryl methyl sites for hydroxylation is 1. The van der Waals surface area contributed by atoms with Crippen molar-refractivity contribution in [3.8, 4) is 0 Å². The number of halogens is 2. The largest absolute Gasteiger partial charge is 0.384 e. The Bertz CT molecular complexity index is 645. The van der Waals surface area contributed by atoms with E-state index < -0.39 is 0 Å². The summed E-state index contributed by atoms with van der Waals surface area (Å²) >= 11 is 1.65. The molecule has 1 aliphatic rings. The number of carbonyl (C=O) groups excluding carboxylic acids is 1. The van der Waals surface area contributed by atoms with Crippen molar-refractivity contribution in [3.63, 3.8) is 0 Å². The maximum atomic E-state index is 12.1. The minimum absolute atomic E-state index is 0. The lowest BCUT2D eigenvalue weighted by Crippen LogP contribution is -2.22. The molecule has 0 aliphatic carbocycles. The molecule has 0 radical (unpaired) electrons. The predicted molar refractivity (Wildman–Crippen MR) is 95.8 cm³/mol. The van der Waals surface area contributed by atoms with Gasteiger partial charge in [-0.25, -0.2) is 4.98 Å². The summed E-state index contributed by atoms with van der Waals surface area (Å²) in [5.74, 6) is -0.0343. The number of aromatic nitrogens is 1. The molecule has 1 aromatic carbocycles. The highest BCUT2D eigenvalue weighted by Gasteiger charge is 2.13. The Hall–Kier alpha value is -1.30. The van der Waals surface area contributed by atoms with Gasteiger partial charge in [0.1, 0.15) is 5.01 Å². The smallest absolute Gasteiger partial charge is 0.251 e. The highest BCUT2D eigenvalue weighted by molar-refractivity contribution is 7.11. The van der Waals surface area contributed by atoms with Crippen LogP contribution in [0.15, 0.2) is 24.4 Å². The third-order valence-corrected chi connectivity index (χ3v) is 4.57. The van der Waals surface area contributed by atoms with Crippen LogP contribution in [0.3, 0.4) is 0 Å². The highest BCUT2D eigenvalue weighted by atomic mass is 35.5. The lowest BCUT2D eigenvalue weighted by Gasteiger charge is -2.05. The number of rotatable bonds is 4. The lowest BCUT2D eigenvalue weighted by molar-refractivity contribution is 0.0951. The van der Waals surface area contributed by atoms with Gasteiger partial charge in [-0.15, -0.1) is 36.2 Å². The molecule has 1 aromatic heterocycles. The Morgan fingerprint density at radius 2 is 2.23 bits per heavy atom. The van der Waals surface area contributed by atoms with Gasteiger partial charge in [0.15, 0.2) is 0 Å². The second-order valence-electron chi connectivity index (χ2n) is 4.81. The van der Waals surface area contributed by atoms with Crippen molar-refractivity contribution in [1.29, 1.82) is 0 Å². The minimum Gasteiger partial charge on any atom is -0.384 e. The number of carbonyl (C=O) groups is 1. The first kappa shape index (κ1) is 18.7. The molecule has 120 valence electrons. The molecule has 0 saturated carbocycles. The second-order valence-corrected chi connectivity index (χ2v) is 6.00. The molecule has 7 heteroatoms. The van der Waals surface area contributed by atoms with Gasteiger partial charge in [0.05, 0.1) is 6.54 Å². The van der Waals surface area contributed by atoms with Crippen molar-refractivity contribution in [1.82, 2.24) is 10.3 Å². The number of nitrogens with zero attached hydrogens (tertiary/aromatic N) is 1. The maximum absolute atomic E-state index is 12.1. The topological polar surface area (TPSA) is 54.0 Å². The van der Waals surface area contributed by atoms with E-state index in [0.29, 0.717) is 6.54 Å². The van der Waals surface area contributed by atoms with E-state index in [0.717, 1.165) is 35.6 Å². The summed E-state index contributed by atoms with van der Waals surface area (Å²) in [7, 11) is 0. The number of amides is 1. The normalized spacial score (nSPS) is 11.7. The average Bonchev–Trinajstić information content (AvgIpc) is 3.12. The Morgan fingerprint density at radius 1 is 1.41 bits per heavy atom. The van der Waals surface area contributed by atoms with Crippen molar-refractivity contribution >= 4 is 47.7 Å². The fourth-order valence-corrected chi connectivity index (χ4v) is 3.10. The molecule has 0 spiro atoms. The van der Waals surface area contributed by atoms with E-state index in [1.54, 1.807) is 11.3 Å². The van der Waals surface area contributed by atoms with Crippen molar-refractivity contribution in [2.45, 2.75) is 26.3 Å². The molecule has 4 nitrogen and oxygen atoms in total. The summed E-state index contributed by atoms with van der Waals surface area (Å²) in [6.07, 6.45) is 3.86. The molecular weight excluding hydrogens is 341 g/mol. The van der Waals surface area contributed by atoms with Gasteiger partial charge in [-0.3, -0.25) is 4.79 Å². The molecule has 22 heavy (non-hydrogen) atoms. The Balaban J connectivity index is 0.00000121. The molecule has 0 fully saturated rings. The van der Waals surface area contributed by atoms with E-state index in [4.69, 9.17) is 0 Å². The van der Waals surface area contributed by atoms with Crippen molar-refractivity contribution < 1.29 is 4.79 Å². The molecule has 2 aromatic rings. The van der Waals surface area contributed by atoms with Crippen LogP contribution in [-0.2, 0) is 19.4 Å². The summed E-state index contributed by atoms with van der Waals surface area (Å²) in [5.41, 5.74) is 3.09. The molecular formula is C15H19Cl2N3OS. The number of nitrogens with one attached hydrogen (secondary N) is 2. The van der Waals surface area contributed by atoms with Gasteiger partial charge in [0.2, 0.25) is 0 Å². The fourth-order valence-electron chi connectivity index (χ4n) is 2.30. The van der Waals surface area contributed by atoms with Gasteiger partial charge in [-0.05, 0) is 36.6 Å². The standard InChI is InChI=1S/C15H17N3OS.2ClH/c1-2-12-8-17-14(20-12)9-18-15(19)11-3-4-13-10(7-11)5-6-16-13;;/h3-4,7-8,16H,2,5-6,9H2,1H3,(H,18,19);2*1H. The lowest BCUT2D eigenvalue weighted by atomic mass is 10.1.